The van der Waals surface area contributed by atoms with Crippen molar-refractivity contribution in [3.05, 3.63) is 92.8 Å². The fourth-order valence-corrected chi connectivity index (χ4v) is 4.17. The predicted molar refractivity (Wildman–Crippen MR) is 147 cm³/mol. The van der Waals surface area contributed by atoms with Crippen molar-refractivity contribution in [3.63, 3.8) is 0 Å². The minimum atomic E-state index is -0.922. The molecule has 1 aliphatic heterocycles. The third-order valence-electron chi connectivity index (χ3n) is 6.13. The number of carbonyl (C=O) groups excluding carboxylic acids is 3. The predicted octanol–water partition coefficient (Wildman–Crippen LogP) is 5.09. The van der Waals surface area contributed by atoms with Crippen LogP contribution in [0.2, 0.25) is 0 Å². The molecule has 212 valence electrons. The molecule has 0 saturated carbocycles. The lowest BCUT2D eigenvalue weighted by molar-refractivity contribution is -0.384. The summed E-state index contributed by atoms with van der Waals surface area (Å²) in [7, 11) is 2.91. The van der Waals surface area contributed by atoms with E-state index in [0.29, 0.717) is 23.4 Å². The molecule has 3 rings (SSSR count). The van der Waals surface area contributed by atoms with E-state index >= 15 is 0 Å². The van der Waals surface area contributed by atoms with Gasteiger partial charge in [0, 0.05) is 43.2 Å². The number of methoxy groups -OCH3 is 1. The Bertz CT molecular complexity index is 1360. The van der Waals surface area contributed by atoms with Crippen molar-refractivity contribution in [2.24, 2.45) is 0 Å². The highest BCUT2D eigenvalue weighted by atomic mass is 16.6. The maximum atomic E-state index is 13.4. The van der Waals surface area contributed by atoms with E-state index in [-0.39, 0.29) is 23.4 Å². The molecule has 0 spiro atoms. The number of hydrogen-bond acceptors (Lipinski definition) is 9. The van der Waals surface area contributed by atoms with Crippen LogP contribution in [0.4, 0.5) is 16.2 Å². The fourth-order valence-electron chi connectivity index (χ4n) is 4.17. The quantitative estimate of drug-likeness (QED) is 0.206. The highest BCUT2D eigenvalue weighted by molar-refractivity contribution is 5.99. The topological polar surface area (TPSA) is 137 Å². The van der Waals surface area contributed by atoms with Crippen LogP contribution in [0.1, 0.15) is 44.7 Å². The molecule has 2 aromatic rings. The number of carbonyl (C=O) groups is 3. The van der Waals surface area contributed by atoms with Gasteiger partial charge in [0.2, 0.25) is 0 Å². The lowest BCUT2D eigenvalue weighted by Gasteiger charge is -2.32. The minimum Gasteiger partial charge on any atom is -0.466 e. The number of anilines is 1. The molecule has 40 heavy (non-hydrogen) atoms. The van der Waals surface area contributed by atoms with Crippen LogP contribution in [0.15, 0.2) is 71.6 Å². The summed E-state index contributed by atoms with van der Waals surface area (Å²) in [5.74, 6) is -2.24. The molecule has 1 amide bonds. The van der Waals surface area contributed by atoms with Gasteiger partial charge < -0.3 is 19.1 Å². The van der Waals surface area contributed by atoms with Gasteiger partial charge in [0.15, 0.2) is 0 Å². The zero-order chi connectivity index (χ0) is 29.6. The summed E-state index contributed by atoms with van der Waals surface area (Å²) in [5.41, 5.74) is 1.89. The molecular weight excluding hydrogens is 518 g/mol. The van der Waals surface area contributed by atoms with E-state index in [1.807, 2.05) is 0 Å². The van der Waals surface area contributed by atoms with Crippen molar-refractivity contribution in [1.82, 2.24) is 4.90 Å². The molecule has 1 heterocycles. The second-order valence-corrected chi connectivity index (χ2v) is 10.2. The van der Waals surface area contributed by atoms with E-state index in [1.54, 1.807) is 76.2 Å². The van der Waals surface area contributed by atoms with E-state index in [1.165, 1.54) is 25.3 Å². The molecule has 1 atom stereocenters. The van der Waals surface area contributed by atoms with E-state index in [9.17, 15) is 24.5 Å². The molecule has 2 aromatic carbocycles. The van der Waals surface area contributed by atoms with E-state index < -0.39 is 34.5 Å². The highest BCUT2D eigenvalue weighted by Gasteiger charge is 2.37. The van der Waals surface area contributed by atoms with Gasteiger partial charge in [-0.3, -0.25) is 15.4 Å². The van der Waals surface area contributed by atoms with Crippen LogP contribution in [0.5, 0.6) is 0 Å². The molecule has 0 aliphatic carbocycles. The number of hydrogen-bond donors (Lipinski definition) is 1. The number of amides is 1. The number of esters is 2. The monoisotopic (exact) mass is 551 g/mol. The van der Waals surface area contributed by atoms with Crippen LogP contribution in [0.3, 0.4) is 0 Å². The molecule has 0 radical (unpaired) electrons. The Morgan fingerprint density at radius 2 is 1.75 bits per heavy atom. The molecule has 0 saturated heterocycles. The van der Waals surface area contributed by atoms with Gasteiger partial charge in [-0.25, -0.2) is 14.4 Å². The van der Waals surface area contributed by atoms with Gasteiger partial charge in [-0.15, -0.1) is 0 Å². The molecule has 1 unspecified atom stereocenters. The van der Waals surface area contributed by atoms with E-state index in [2.05, 4.69) is 5.32 Å². The normalized spacial score (nSPS) is 15.2. The largest absolute Gasteiger partial charge is 0.466 e. The van der Waals surface area contributed by atoms with Gasteiger partial charge in [0.05, 0.1) is 35.7 Å². The number of allylic oxidation sites excluding steroid dienone is 1. The molecule has 11 heteroatoms. The molecule has 0 bridgehead atoms. The zero-order valence-electron chi connectivity index (χ0n) is 23.3. The van der Waals surface area contributed by atoms with Gasteiger partial charge in [0.1, 0.15) is 5.60 Å². The first-order valence-corrected chi connectivity index (χ1v) is 12.5. The fraction of sp³-hybridized carbons (Fsp3) is 0.345. The van der Waals surface area contributed by atoms with Crippen LogP contribution in [-0.2, 0) is 30.2 Å². The van der Waals surface area contributed by atoms with Gasteiger partial charge in [-0.1, -0.05) is 24.3 Å². The first kappa shape index (κ1) is 29.9. The minimum absolute atomic E-state index is 0.0388. The first-order chi connectivity index (χ1) is 18.8. The Morgan fingerprint density at radius 1 is 1.07 bits per heavy atom. The van der Waals surface area contributed by atoms with Gasteiger partial charge >= 0.3 is 18.0 Å². The number of nitro groups is 1. The van der Waals surface area contributed by atoms with Crippen molar-refractivity contribution in [2.45, 2.75) is 45.6 Å². The lowest BCUT2D eigenvalue weighted by Crippen LogP contribution is -2.30. The van der Waals surface area contributed by atoms with Gasteiger partial charge in [-0.2, -0.15) is 0 Å². The SMILES string of the molecule is COC(=O)C1=CN(C)C(C)=C(C(=O)OCCc2ccc(NC(=O)OC(C)(C)C)cc2)C1c1cccc([N+](=O)[O-])c1. The summed E-state index contributed by atoms with van der Waals surface area (Å²) >= 11 is 0. The smallest absolute Gasteiger partial charge is 0.412 e. The Morgan fingerprint density at radius 3 is 2.35 bits per heavy atom. The maximum absolute atomic E-state index is 13.4. The Hall–Kier alpha value is -4.67. The molecule has 1 aliphatic rings. The number of nitrogens with zero attached hydrogens (tertiary/aromatic N) is 2. The number of non-ortho nitro benzene ring substituents is 1. The molecular formula is C29H33N3O8. The van der Waals surface area contributed by atoms with Crippen LogP contribution in [-0.4, -0.2) is 54.2 Å². The molecule has 11 nitrogen and oxygen atoms in total. The number of nitro benzene ring substituents is 1. The zero-order valence-corrected chi connectivity index (χ0v) is 23.3. The number of ether oxygens (including phenoxy) is 3. The second kappa shape index (κ2) is 12.5. The summed E-state index contributed by atoms with van der Waals surface area (Å²) in [5, 5.41) is 14.1. The summed E-state index contributed by atoms with van der Waals surface area (Å²) < 4.78 is 15.8. The van der Waals surface area contributed by atoms with Crippen molar-refractivity contribution in [2.75, 3.05) is 26.1 Å². The summed E-state index contributed by atoms with van der Waals surface area (Å²) in [6, 6.07) is 12.8. The van der Waals surface area contributed by atoms with Crippen molar-refractivity contribution in [3.8, 4) is 0 Å². The second-order valence-electron chi connectivity index (χ2n) is 10.2. The van der Waals surface area contributed by atoms with Crippen molar-refractivity contribution < 1.29 is 33.5 Å². The molecule has 1 N–H and O–H groups in total. The molecule has 0 aromatic heterocycles. The third kappa shape index (κ3) is 7.46. The standard InChI is InChI=1S/C29H33N3O8/c1-18-24(25(23(17-31(18)5)26(33)38-6)20-8-7-9-22(16-20)32(36)37)27(34)39-15-14-19-10-12-21(13-11-19)30-28(35)40-29(2,3)4/h7-13,16-17,25H,14-15H2,1-6H3,(H,30,35). The summed E-state index contributed by atoms with van der Waals surface area (Å²) in [6.45, 7) is 7.08. The van der Waals surface area contributed by atoms with Crippen molar-refractivity contribution in [1.29, 1.82) is 0 Å². The molecule has 0 fully saturated rings. The Labute approximate surface area is 232 Å². The average Bonchev–Trinajstić information content (AvgIpc) is 2.89. The number of benzene rings is 2. The maximum Gasteiger partial charge on any atom is 0.412 e. The van der Waals surface area contributed by atoms with Gasteiger partial charge in [-0.05, 0) is 51.0 Å². The van der Waals surface area contributed by atoms with Crippen LogP contribution in [0, 0.1) is 10.1 Å². The number of rotatable bonds is 8. The van der Waals surface area contributed by atoms with Crippen LogP contribution >= 0.6 is 0 Å². The van der Waals surface area contributed by atoms with E-state index in [0.717, 1.165) is 5.56 Å². The van der Waals surface area contributed by atoms with Crippen molar-refractivity contribution >= 4 is 29.4 Å². The highest BCUT2D eigenvalue weighted by Crippen LogP contribution is 2.40. The van der Waals surface area contributed by atoms with Crippen LogP contribution in [0.25, 0.3) is 0 Å². The van der Waals surface area contributed by atoms with E-state index in [4.69, 9.17) is 14.2 Å². The Kier molecular flexibility index (Phi) is 9.31. The average molecular weight is 552 g/mol. The Balaban J connectivity index is 1.76. The van der Waals surface area contributed by atoms with Crippen LogP contribution < -0.4 is 5.32 Å². The summed E-state index contributed by atoms with van der Waals surface area (Å²) in [6.07, 6.45) is 1.38. The van der Waals surface area contributed by atoms with Gasteiger partial charge in [0.25, 0.3) is 5.69 Å². The lowest BCUT2D eigenvalue weighted by atomic mass is 9.81. The first-order valence-electron chi connectivity index (χ1n) is 12.5. The summed E-state index contributed by atoms with van der Waals surface area (Å²) in [4.78, 5) is 50.5. The number of nitrogens with one attached hydrogen (secondary N) is 1. The third-order valence-corrected chi connectivity index (χ3v) is 6.13.